The predicted molar refractivity (Wildman–Crippen MR) is 163 cm³/mol. The second-order valence-electron chi connectivity index (χ2n) is 9.83. The Labute approximate surface area is 255 Å². The van der Waals surface area contributed by atoms with Crippen LogP contribution >= 0.6 is 0 Å². The summed E-state index contributed by atoms with van der Waals surface area (Å²) in [6, 6.07) is 24.1. The summed E-state index contributed by atoms with van der Waals surface area (Å²) in [5.74, 6) is -1.98. The number of sulfonamides is 1. The molecule has 0 fully saturated rings. The lowest BCUT2D eigenvalue weighted by molar-refractivity contribution is -0.139. The lowest BCUT2D eigenvalue weighted by Crippen LogP contribution is -2.53. The molecule has 0 aromatic heterocycles. The van der Waals surface area contributed by atoms with Crippen LogP contribution in [0.1, 0.15) is 18.1 Å². The van der Waals surface area contributed by atoms with E-state index in [4.69, 9.17) is 4.74 Å². The number of rotatable bonds is 13. The highest BCUT2D eigenvalue weighted by atomic mass is 32.2. The van der Waals surface area contributed by atoms with E-state index in [2.05, 4.69) is 5.32 Å². The van der Waals surface area contributed by atoms with Crippen LogP contribution in [0, 0.1) is 11.6 Å². The van der Waals surface area contributed by atoms with Gasteiger partial charge in [-0.1, -0.05) is 48.5 Å². The quantitative estimate of drug-likeness (QED) is 0.228. The molecule has 230 valence electrons. The number of carbonyl (C=O) groups is 2. The lowest BCUT2D eigenvalue weighted by Gasteiger charge is -2.33. The zero-order valence-electron chi connectivity index (χ0n) is 24.3. The maximum atomic E-state index is 14.9. The summed E-state index contributed by atoms with van der Waals surface area (Å²) < 4.78 is 62.8. The van der Waals surface area contributed by atoms with Crippen LogP contribution < -0.4 is 14.4 Å². The van der Waals surface area contributed by atoms with E-state index in [1.807, 2.05) is 6.07 Å². The van der Waals surface area contributed by atoms with Gasteiger partial charge in [0, 0.05) is 25.6 Å². The zero-order valence-corrected chi connectivity index (χ0v) is 25.1. The molecule has 0 aliphatic rings. The number of anilines is 1. The number of carbonyl (C=O) groups excluding carboxylic acids is 2. The second-order valence-corrected chi connectivity index (χ2v) is 11.7. The molecule has 1 atom stereocenters. The van der Waals surface area contributed by atoms with Crippen molar-refractivity contribution >= 4 is 27.5 Å². The normalized spacial score (nSPS) is 11.8. The number of nitrogens with one attached hydrogen (secondary N) is 1. The third kappa shape index (κ3) is 7.78. The van der Waals surface area contributed by atoms with Crippen molar-refractivity contribution in [1.82, 2.24) is 10.2 Å². The molecule has 4 rings (SSSR count). The van der Waals surface area contributed by atoms with Gasteiger partial charge in [-0.3, -0.25) is 13.9 Å². The van der Waals surface area contributed by atoms with Crippen LogP contribution in [0.25, 0.3) is 0 Å². The van der Waals surface area contributed by atoms with Gasteiger partial charge in [0.2, 0.25) is 11.8 Å². The van der Waals surface area contributed by atoms with Gasteiger partial charge in [0.15, 0.2) is 0 Å². The van der Waals surface area contributed by atoms with Gasteiger partial charge in [-0.2, -0.15) is 0 Å². The molecule has 4 aromatic carbocycles. The lowest BCUT2D eigenvalue weighted by atomic mass is 10.0. The smallest absolute Gasteiger partial charge is 0.264 e. The first-order valence-electron chi connectivity index (χ1n) is 13.9. The Bertz CT molecular complexity index is 1670. The van der Waals surface area contributed by atoms with Gasteiger partial charge in [-0.25, -0.2) is 17.2 Å². The molecule has 1 N–H and O–H groups in total. The maximum Gasteiger partial charge on any atom is 0.264 e. The van der Waals surface area contributed by atoms with Gasteiger partial charge in [0.05, 0.1) is 17.2 Å². The van der Waals surface area contributed by atoms with E-state index in [0.717, 1.165) is 34.1 Å². The molecule has 0 aliphatic carbocycles. The molecule has 2 amide bonds. The van der Waals surface area contributed by atoms with Gasteiger partial charge in [-0.05, 0) is 67.1 Å². The molecule has 0 spiro atoms. The molecule has 0 unspecified atom stereocenters. The molecular weight excluding hydrogens is 588 g/mol. The van der Waals surface area contributed by atoms with Gasteiger partial charge < -0.3 is 15.0 Å². The van der Waals surface area contributed by atoms with E-state index >= 15 is 0 Å². The topological polar surface area (TPSA) is 96.0 Å². The molecule has 4 aromatic rings. The summed E-state index contributed by atoms with van der Waals surface area (Å²) in [5.41, 5.74) is 1.03. The Kier molecular flexibility index (Phi) is 10.7. The van der Waals surface area contributed by atoms with E-state index in [1.165, 1.54) is 42.3 Å². The van der Waals surface area contributed by atoms with Crippen LogP contribution in [0.15, 0.2) is 108 Å². The number of nitrogens with zero attached hydrogens (tertiary/aromatic N) is 2. The van der Waals surface area contributed by atoms with Gasteiger partial charge >= 0.3 is 0 Å². The maximum absolute atomic E-state index is 14.9. The molecule has 0 bridgehead atoms. The average Bonchev–Trinajstić information content (AvgIpc) is 3.03. The predicted octanol–water partition coefficient (Wildman–Crippen LogP) is 4.94. The first-order valence-corrected chi connectivity index (χ1v) is 15.4. The molecule has 11 heteroatoms. The third-order valence-electron chi connectivity index (χ3n) is 6.93. The van der Waals surface area contributed by atoms with E-state index in [1.54, 1.807) is 49.4 Å². The molecule has 0 saturated carbocycles. The van der Waals surface area contributed by atoms with Crippen molar-refractivity contribution in [2.45, 2.75) is 30.8 Å². The first kappa shape index (κ1) is 32.2. The monoisotopic (exact) mass is 621 g/mol. The highest BCUT2D eigenvalue weighted by Gasteiger charge is 2.34. The molecule has 0 aliphatic heterocycles. The Morgan fingerprint density at radius 1 is 0.864 bits per heavy atom. The minimum atomic E-state index is -4.41. The highest BCUT2D eigenvalue weighted by Crippen LogP contribution is 2.27. The van der Waals surface area contributed by atoms with Crippen molar-refractivity contribution in [3.05, 3.63) is 126 Å². The Hall–Kier alpha value is -4.77. The fraction of sp³-hybridized carbons (Fsp3) is 0.212. The van der Waals surface area contributed by atoms with Crippen molar-refractivity contribution in [2.24, 2.45) is 0 Å². The molecule has 8 nitrogen and oxygen atoms in total. The van der Waals surface area contributed by atoms with Crippen molar-refractivity contribution in [3.8, 4) is 5.75 Å². The van der Waals surface area contributed by atoms with Gasteiger partial charge in [0.25, 0.3) is 10.0 Å². The van der Waals surface area contributed by atoms with Crippen LogP contribution in [0.3, 0.4) is 0 Å². The summed E-state index contributed by atoms with van der Waals surface area (Å²) in [7, 11) is -2.98. The SMILES string of the molecule is CCOc1ccc(N(CC(=O)N(Cc2ccccc2F)[C@@H](Cc2ccccc2)C(=O)NC)S(=O)(=O)c2ccc(F)cc2)cc1. The minimum Gasteiger partial charge on any atom is -0.494 e. The number of benzene rings is 4. The van der Waals surface area contributed by atoms with Crippen LogP contribution in [0.4, 0.5) is 14.5 Å². The van der Waals surface area contributed by atoms with E-state index < -0.39 is 46.1 Å². The molecular formula is C33H33F2N3O5S. The Morgan fingerprint density at radius 2 is 1.50 bits per heavy atom. The van der Waals surface area contributed by atoms with Gasteiger partial charge in [-0.15, -0.1) is 0 Å². The summed E-state index contributed by atoms with van der Waals surface area (Å²) >= 11 is 0. The van der Waals surface area contributed by atoms with E-state index in [0.29, 0.717) is 12.4 Å². The van der Waals surface area contributed by atoms with Crippen LogP contribution in [-0.4, -0.2) is 51.4 Å². The molecule has 0 heterocycles. The number of hydrogen-bond acceptors (Lipinski definition) is 5. The van der Waals surface area contributed by atoms with E-state index in [9.17, 15) is 26.8 Å². The molecule has 0 saturated heterocycles. The second kappa shape index (κ2) is 14.6. The molecule has 44 heavy (non-hydrogen) atoms. The third-order valence-corrected chi connectivity index (χ3v) is 8.72. The van der Waals surface area contributed by atoms with Crippen molar-refractivity contribution in [2.75, 3.05) is 24.5 Å². The van der Waals surface area contributed by atoms with Crippen LogP contribution in [0.2, 0.25) is 0 Å². The summed E-state index contributed by atoms with van der Waals surface area (Å²) in [6.45, 7) is 1.16. The Balaban J connectivity index is 1.79. The standard InChI is InChI=1S/C33H33F2N3O5S/c1-3-43-28-17-15-27(16-18-28)38(44(41,42)29-19-13-26(34)14-20-29)23-32(39)37(22-25-11-7-8-12-30(25)35)31(33(40)36-2)21-24-9-5-4-6-10-24/h4-20,31H,3,21-23H2,1-2H3,(H,36,40)/t31-/m0/s1. The molecule has 0 radical (unpaired) electrons. The fourth-order valence-electron chi connectivity index (χ4n) is 4.67. The van der Waals surface area contributed by atoms with Crippen molar-refractivity contribution in [3.63, 3.8) is 0 Å². The summed E-state index contributed by atoms with van der Waals surface area (Å²) in [6.07, 6.45) is 0.0917. The van der Waals surface area contributed by atoms with Crippen molar-refractivity contribution < 1.29 is 31.5 Å². The number of hydrogen-bond donors (Lipinski definition) is 1. The number of ether oxygens (including phenoxy) is 1. The van der Waals surface area contributed by atoms with Crippen LogP contribution in [-0.2, 0) is 32.6 Å². The van der Waals surface area contributed by atoms with E-state index in [-0.39, 0.29) is 29.1 Å². The van der Waals surface area contributed by atoms with Gasteiger partial charge in [0.1, 0.15) is 30.0 Å². The van der Waals surface area contributed by atoms with Crippen molar-refractivity contribution in [1.29, 1.82) is 0 Å². The number of likely N-dealkylation sites (N-methyl/N-ethyl adjacent to an activating group) is 1. The highest BCUT2D eigenvalue weighted by molar-refractivity contribution is 7.92. The fourth-order valence-corrected chi connectivity index (χ4v) is 6.08. The number of amides is 2. The average molecular weight is 622 g/mol. The summed E-state index contributed by atoms with van der Waals surface area (Å²) in [4.78, 5) is 28.4. The zero-order chi connectivity index (χ0) is 31.7. The van der Waals surface area contributed by atoms with Crippen LogP contribution in [0.5, 0.6) is 5.75 Å². The Morgan fingerprint density at radius 3 is 2.11 bits per heavy atom. The first-order chi connectivity index (χ1) is 21.1. The minimum absolute atomic E-state index is 0.0917. The summed E-state index contributed by atoms with van der Waals surface area (Å²) in [5, 5.41) is 2.58. The number of halogens is 2. The largest absolute Gasteiger partial charge is 0.494 e.